The van der Waals surface area contributed by atoms with E-state index in [-0.39, 0.29) is 26.1 Å². The number of ether oxygens (including phenoxy) is 2. The van der Waals surface area contributed by atoms with E-state index >= 15 is 0 Å². The number of hydrogen-bond acceptors (Lipinski definition) is 10. The molecule has 1 rings (SSSR count). The van der Waals surface area contributed by atoms with Crippen LogP contribution in [0.2, 0.25) is 0 Å². The van der Waals surface area contributed by atoms with Crippen molar-refractivity contribution in [3.8, 4) is 0 Å². The maximum atomic E-state index is 13.2. The van der Waals surface area contributed by atoms with Crippen LogP contribution in [0.5, 0.6) is 0 Å². The number of nitrogens with two attached hydrogens (primary N) is 2. The van der Waals surface area contributed by atoms with E-state index in [4.69, 9.17) is 20.9 Å². The van der Waals surface area contributed by atoms with E-state index in [2.05, 4.69) is 21.3 Å². The Balaban J connectivity index is 2.92. The van der Waals surface area contributed by atoms with Gasteiger partial charge in [-0.05, 0) is 24.9 Å². The van der Waals surface area contributed by atoms with E-state index in [1.807, 2.05) is 0 Å². The molecule has 15 heteroatoms. The first-order valence-corrected chi connectivity index (χ1v) is 13.5. The van der Waals surface area contributed by atoms with Crippen LogP contribution < -0.4 is 32.7 Å². The number of benzene rings is 1. The highest BCUT2D eigenvalue weighted by atomic mass is 16.5. The van der Waals surface area contributed by atoms with E-state index in [0.29, 0.717) is 50.0 Å². The lowest BCUT2D eigenvalue weighted by Crippen LogP contribution is -2.57. The normalized spacial score (nSPS) is 12.8. The number of rotatable bonds is 22. The van der Waals surface area contributed by atoms with Crippen molar-refractivity contribution in [1.82, 2.24) is 21.3 Å². The van der Waals surface area contributed by atoms with Gasteiger partial charge >= 0.3 is 5.97 Å². The second kappa shape index (κ2) is 20.9. The van der Waals surface area contributed by atoms with Gasteiger partial charge in [0.25, 0.3) is 0 Å². The summed E-state index contributed by atoms with van der Waals surface area (Å²) in [5, 5.41) is 19.1. The zero-order valence-corrected chi connectivity index (χ0v) is 23.8. The lowest BCUT2D eigenvalue weighted by atomic mass is 10.1. The average Bonchev–Trinajstić information content (AvgIpc) is 2.97. The quantitative estimate of drug-likeness (QED) is 0.0582. The zero-order valence-electron chi connectivity index (χ0n) is 23.8. The topological polar surface area (TPSA) is 241 Å². The van der Waals surface area contributed by atoms with Crippen molar-refractivity contribution in [2.75, 3.05) is 40.0 Å². The van der Waals surface area contributed by atoms with Crippen LogP contribution in [0.15, 0.2) is 24.3 Å². The summed E-state index contributed by atoms with van der Waals surface area (Å²) in [6, 6.07) is 2.51. The van der Waals surface area contributed by atoms with E-state index in [1.54, 1.807) is 24.3 Å². The highest BCUT2D eigenvalue weighted by molar-refractivity contribution is 5.96. The molecule has 0 radical (unpaired) electrons. The third kappa shape index (κ3) is 15.2. The number of carbonyl (C=O) groups is 6. The molecule has 3 unspecified atom stereocenters. The summed E-state index contributed by atoms with van der Waals surface area (Å²) < 4.78 is 10.1. The van der Waals surface area contributed by atoms with Crippen LogP contribution in [0.4, 0.5) is 0 Å². The van der Waals surface area contributed by atoms with E-state index in [0.717, 1.165) is 0 Å². The predicted octanol–water partition coefficient (Wildman–Crippen LogP) is -1.81. The summed E-state index contributed by atoms with van der Waals surface area (Å²) in [6.45, 7) is 1.32. The predicted molar refractivity (Wildman–Crippen MR) is 151 cm³/mol. The van der Waals surface area contributed by atoms with Gasteiger partial charge in [0.2, 0.25) is 23.6 Å². The first kappa shape index (κ1) is 36.1. The summed E-state index contributed by atoms with van der Waals surface area (Å²) in [4.78, 5) is 73.5. The molecular weight excluding hydrogens is 552 g/mol. The molecule has 234 valence electrons. The molecule has 1 aromatic rings. The van der Waals surface area contributed by atoms with Gasteiger partial charge in [0.05, 0.1) is 38.7 Å². The van der Waals surface area contributed by atoms with Crippen LogP contribution in [-0.2, 0) is 40.0 Å². The van der Waals surface area contributed by atoms with Crippen molar-refractivity contribution in [2.24, 2.45) is 11.5 Å². The average molecular weight is 595 g/mol. The fraction of sp³-hybridized carbons (Fsp3) is 0.556. The summed E-state index contributed by atoms with van der Waals surface area (Å²) >= 11 is 0. The number of unbranched alkanes of at least 4 members (excludes halogenated alkanes) is 1. The third-order valence-corrected chi connectivity index (χ3v) is 5.92. The first-order valence-electron chi connectivity index (χ1n) is 13.5. The molecule has 0 heterocycles. The van der Waals surface area contributed by atoms with Crippen LogP contribution in [0.25, 0.3) is 0 Å². The van der Waals surface area contributed by atoms with Gasteiger partial charge in [-0.2, -0.15) is 0 Å². The molecule has 0 spiro atoms. The number of methoxy groups -OCH3 is 1. The van der Waals surface area contributed by atoms with E-state index < -0.39 is 60.6 Å². The van der Waals surface area contributed by atoms with Crippen molar-refractivity contribution in [2.45, 2.75) is 56.8 Å². The summed E-state index contributed by atoms with van der Waals surface area (Å²) in [5.41, 5.74) is 12.6. The van der Waals surface area contributed by atoms with Gasteiger partial charge in [-0.3, -0.25) is 28.8 Å². The fourth-order valence-corrected chi connectivity index (χ4v) is 3.57. The third-order valence-electron chi connectivity index (χ3n) is 5.92. The molecule has 0 saturated heterocycles. The standard InChI is InChI=1S/C27H42N6O9/c1-41-12-13-42-11-10-30-26(39)22(15-24(36)37)33-27(40)21(32-25(38)20(29)4-2-3-9-28)14-23(35)31-16-18-5-7-19(17-34)8-6-18/h5-8,17,20-22H,2-4,9-16,28-29H2,1H3,(H,30,39)(H,31,35)(H,32,38)(H,33,40)(H,36,37). The molecule has 15 nitrogen and oxygen atoms in total. The van der Waals surface area contributed by atoms with Gasteiger partial charge in [0, 0.05) is 25.8 Å². The number of hydrogen-bond donors (Lipinski definition) is 7. The largest absolute Gasteiger partial charge is 0.481 e. The molecule has 0 fully saturated rings. The second-order valence-electron chi connectivity index (χ2n) is 9.35. The number of aliphatic carboxylic acids is 1. The Hall–Kier alpha value is -3.92. The molecule has 1 aromatic carbocycles. The molecule has 4 amide bonds. The molecule has 0 aliphatic rings. The van der Waals surface area contributed by atoms with Gasteiger partial charge < -0.3 is 47.3 Å². The Morgan fingerprint density at radius 2 is 1.57 bits per heavy atom. The number of amides is 4. The molecule has 0 saturated carbocycles. The number of aldehydes is 1. The molecule has 0 aromatic heterocycles. The van der Waals surface area contributed by atoms with Gasteiger partial charge in [0.15, 0.2) is 0 Å². The smallest absolute Gasteiger partial charge is 0.305 e. The molecule has 0 bridgehead atoms. The van der Waals surface area contributed by atoms with Crippen molar-refractivity contribution in [1.29, 1.82) is 0 Å². The lowest BCUT2D eigenvalue weighted by molar-refractivity contribution is -0.141. The Morgan fingerprint density at radius 3 is 2.19 bits per heavy atom. The Labute approximate surface area is 244 Å². The minimum Gasteiger partial charge on any atom is -0.481 e. The number of carboxylic acids is 1. The molecule has 42 heavy (non-hydrogen) atoms. The van der Waals surface area contributed by atoms with Crippen molar-refractivity contribution >= 4 is 35.9 Å². The van der Waals surface area contributed by atoms with Gasteiger partial charge in [-0.15, -0.1) is 0 Å². The van der Waals surface area contributed by atoms with Crippen LogP contribution >= 0.6 is 0 Å². The summed E-state index contributed by atoms with van der Waals surface area (Å²) in [7, 11) is 1.51. The zero-order chi connectivity index (χ0) is 31.3. The maximum absolute atomic E-state index is 13.2. The summed E-state index contributed by atoms with van der Waals surface area (Å²) in [6.07, 6.45) is 0.922. The minimum atomic E-state index is -1.49. The number of carbonyl (C=O) groups excluding carboxylic acids is 5. The summed E-state index contributed by atoms with van der Waals surface area (Å²) in [5.74, 6) is -4.39. The van der Waals surface area contributed by atoms with Crippen LogP contribution in [0.3, 0.4) is 0 Å². The van der Waals surface area contributed by atoms with Crippen molar-refractivity contribution < 1.29 is 43.3 Å². The Kier molecular flexibility index (Phi) is 18.0. The second-order valence-corrected chi connectivity index (χ2v) is 9.35. The molecular formula is C27H42N6O9. The molecule has 0 aliphatic heterocycles. The number of nitrogens with one attached hydrogen (secondary N) is 4. The van der Waals surface area contributed by atoms with Gasteiger partial charge in [-0.25, -0.2) is 0 Å². The SMILES string of the molecule is COCCOCCNC(=O)C(CC(=O)O)NC(=O)C(CC(=O)NCc1ccc(C=O)cc1)NC(=O)C(N)CCCCN. The van der Waals surface area contributed by atoms with Crippen LogP contribution in [0, 0.1) is 0 Å². The van der Waals surface area contributed by atoms with Gasteiger partial charge in [-0.1, -0.05) is 30.7 Å². The van der Waals surface area contributed by atoms with Crippen LogP contribution in [0.1, 0.15) is 48.0 Å². The van der Waals surface area contributed by atoms with Crippen molar-refractivity contribution in [3.05, 3.63) is 35.4 Å². The van der Waals surface area contributed by atoms with Crippen molar-refractivity contribution in [3.63, 3.8) is 0 Å². The molecule has 0 aliphatic carbocycles. The fourth-order valence-electron chi connectivity index (χ4n) is 3.57. The van der Waals surface area contributed by atoms with E-state index in [9.17, 15) is 33.9 Å². The highest BCUT2D eigenvalue weighted by Gasteiger charge is 2.30. The lowest BCUT2D eigenvalue weighted by Gasteiger charge is -2.23. The van der Waals surface area contributed by atoms with Crippen LogP contribution in [-0.4, -0.2) is 99.1 Å². The monoisotopic (exact) mass is 594 g/mol. The molecule has 3 atom stereocenters. The maximum Gasteiger partial charge on any atom is 0.305 e. The van der Waals surface area contributed by atoms with E-state index in [1.165, 1.54) is 7.11 Å². The minimum absolute atomic E-state index is 0.0442. The Bertz CT molecular complexity index is 1020. The number of carboxylic acid groups (broad SMARTS) is 1. The van der Waals surface area contributed by atoms with Gasteiger partial charge in [0.1, 0.15) is 18.4 Å². The molecule has 9 N–H and O–H groups in total. The first-order chi connectivity index (χ1) is 20.1. The highest BCUT2D eigenvalue weighted by Crippen LogP contribution is 2.05. The Morgan fingerprint density at radius 1 is 0.905 bits per heavy atom.